The molecule has 12 heteroatoms. The Morgan fingerprint density at radius 1 is 1.11 bits per heavy atom. The third kappa shape index (κ3) is 4.55. The van der Waals surface area contributed by atoms with Crippen molar-refractivity contribution in [1.29, 1.82) is 0 Å². The lowest BCUT2D eigenvalue weighted by Gasteiger charge is -2.29. The van der Waals surface area contributed by atoms with Gasteiger partial charge in [-0.3, -0.25) is 4.79 Å². The van der Waals surface area contributed by atoms with Crippen LogP contribution in [0.25, 0.3) is 44.1 Å². The van der Waals surface area contributed by atoms with Gasteiger partial charge < -0.3 is 29.8 Å². The van der Waals surface area contributed by atoms with Crippen LogP contribution in [0.15, 0.2) is 35.5 Å². The van der Waals surface area contributed by atoms with Gasteiger partial charge in [0.2, 0.25) is 5.43 Å². The van der Waals surface area contributed by atoms with E-state index in [1.807, 2.05) is 13.8 Å². The molecule has 1 aromatic carbocycles. The quantitative estimate of drug-likeness (QED) is 0.248. The average molecular weight is 606 g/mol. The second-order valence-corrected chi connectivity index (χ2v) is 11.0. The maximum absolute atomic E-state index is 15.6. The molecule has 10 nitrogen and oxygen atoms in total. The van der Waals surface area contributed by atoms with Crippen molar-refractivity contribution in [1.82, 2.24) is 24.4 Å². The minimum Gasteiger partial charge on any atom is -0.477 e. The van der Waals surface area contributed by atoms with Gasteiger partial charge in [-0.15, -0.1) is 0 Å². The number of nitrogens with zero attached hydrogens (tertiary/aromatic N) is 5. The maximum atomic E-state index is 15.6. The Labute approximate surface area is 253 Å². The number of aromatic carboxylic acids is 1. The molecule has 0 amide bonds. The molecule has 6 heterocycles. The number of fused-ring (bicyclic) bond motifs is 5. The number of halogens is 2. The molecule has 232 valence electrons. The Balaban J connectivity index is 0.00000126. The number of carbonyl (C=O) groups is 1. The van der Waals surface area contributed by atoms with E-state index in [1.54, 1.807) is 32.6 Å². The second kappa shape index (κ2) is 11.5. The molecule has 3 N–H and O–H groups in total. The number of carboxylic acids is 1. The molecule has 1 unspecified atom stereocenters. The van der Waals surface area contributed by atoms with Gasteiger partial charge in [-0.2, -0.15) is 0 Å². The van der Waals surface area contributed by atoms with Gasteiger partial charge in [-0.1, -0.05) is 21.3 Å². The van der Waals surface area contributed by atoms with E-state index in [-0.39, 0.29) is 29.8 Å². The van der Waals surface area contributed by atoms with E-state index in [0.717, 1.165) is 25.6 Å². The number of aryl methyl sites for hydroxylation is 1. The number of rotatable bonds is 4. The van der Waals surface area contributed by atoms with E-state index in [9.17, 15) is 19.1 Å². The minimum absolute atomic E-state index is 0. The van der Waals surface area contributed by atoms with E-state index in [1.165, 1.54) is 10.8 Å². The van der Waals surface area contributed by atoms with Gasteiger partial charge in [-0.05, 0) is 25.5 Å². The highest BCUT2D eigenvalue weighted by atomic mass is 19.2. The van der Waals surface area contributed by atoms with Gasteiger partial charge in [0.15, 0.2) is 11.6 Å². The fourth-order valence-corrected chi connectivity index (χ4v) is 6.76. The van der Waals surface area contributed by atoms with E-state index >= 15 is 4.39 Å². The summed E-state index contributed by atoms with van der Waals surface area (Å²) in [6.07, 6.45) is 5.45. The highest BCUT2D eigenvalue weighted by Gasteiger charge is 2.42. The molecule has 0 spiro atoms. The number of likely N-dealkylation sites (N-methyl/N-ethyl adjacent to an activating group) is 1. The van der Waals surface area contributed by atoms with Crippen LogP contribution in [0.4, 0.5) is 20.2 Å². The first kappa shape index (κ1) is 30.9. The second-order valence-electron chi connectivity index (χ2n) is 11.0. The highest BCUT2D eigenvalue weighted by molar-refractivity contribution is 6.18. The number of benzene rings is 1. The highest BCUT2D eigenvalue weighted by Crippen LogP contribution is 2.46. The van der Waals surface area contributed by atoms with Crippen LogP contribution < -0.4 is 15.6 Å². The third-order valence-electron chi connectivity index (χ3n) is 8.61. The number of aromatic amines is 1. The summed E-state index contributed by atoms with van der Waals surface area (Å²) in [7, 11) is 5.34. The number of aromatic nitrogens is 4. The Morgan fingerprint density at radius 3 is 2.57 bits per heavy atom. The number of likely N-dealkylation sites (tertiary alicyclic amines) is 1. The molecule has 4 aromatic heterocycles. The van der Waals surface area contributed by atoms with E-state index in [0.29, 0.717) is 57.2 Å². The fraction of sp³-hybridized carbons (Fsp3) is 0.375. The topological polar surface area (TPSA) is 119 Å². The Morgan fingerprint density at radius 2 is 1.86 bits per heavy atom. The summed E-state index contributed by atoms with van der Waals surface area (Å²) in [5.74, 6) is -2.86. The largest absolute Gasteiger partial charge is 0.477 e. The van der Waals surface area contributed by atoms with Gasteiger partial charge in [0.05, 0.1) is 33.1 Å². The molecule has 2 atom stereocenters. The molecule has 7 rings (SSSR count). The van der Waals surface area contributed by atoms with Crippen molar-refractivity contribution in [3.63, 3.8) is 0 Å². The maximum Gasteiger partial charge on any atom is 0.341 e. The molecule has 0 bridgehead atoms. The summed E-state index contributed by atoms with van der Waals surface area (Å²) < 4.78 is 32.0. The fourth-order valence-electron chi connectivity index (χ4n) is 6.76. The number of nitrogens with one attached hydrogen (secondary N) is 2. The van der Waals surface area contributed by atoms with Crippen LogP contribution in [0.1, 0.15) is 38.1 Å². The minimum atomic E-state index is -1.33. The smallest absolute Gasteiger partial charge is 0.341 e. The zero-order valence-electron chi connectivity index (χ0n) is 24.6. The van der Waals surface area contributed by atoms with Crippen LogP contribution in [0, 0.1) is 17.6 Å². The van der Waals surface area contributed by atoms with Crippen LogP contribution in [0.5, 0.6) is 0 Å². The van der Waals surface area contributed by atoms with Crippen LogP contribution >= 0.6 is 0 Å². The van der Waals surface area contributed by atoms with Crippen LogP contribution in [0.2, 0.25) is 0 Å². The van der Waals surface area contributed by atoms with Gasteiger partial charge in [0.25, 0.3) is 0 Å². The van der Waals surface area contributed by atoms with Crippen molar-refractivity contribution in [2.24, 2.45) is 13.0 Å². The third-order valence-corrected chi connectivity index (χ3v) is 8.61. The van der Waals surface area contributed by atoms with Crippen molar-refractivity contribution in [3.05, 3.63) is 58.1 Å². The average Bonchev–Trinajstić information content (AvgIpc) is 3.69. The van der Waals surface area contributed by atoms with E-state index < -0.39 is 23.0 Å². The summed E-state index contributed by atoms with van der Waals surface area (Å²) in [6, 6.07) is 2.88. The standard InChI is InChI=1S/C29H27F2N7O3.C2H6.CH4/c1-32-19-7-18(30)23(31)21-22-25(38-5-4-13-10-36(2)12-20(13)38)16(9-33-27(22)35-24(19)21)14-6-15-26(39)17(29(40)41)11-37(3)28(15)34-8-14;1-2;/h6-9,11,13,20,32H,4-5,10,12H2,1-3H3,(H,33,35)(H,40,41);1-2H3;1H4/t13-,20?;;/m0../s1. The molecule has 0 radical (unpaired) electrons. The monoisotopic (exact) mass is 605 g/mol. The first-order chi connectivity index (χ1) is 20.7. The molecule has 2 saturated heterocycles. The normalized spacial score (nSPS) is 17.9. The van der Waals surface area contributed by atoms with Gasteiger partial charge >= 0.3 is 5.97 Å². The molecule has 0 aliphatic carbocycles. The summed E-state index contributed by atoms with van der Waals surface area (Å²) in [5, 5.41) is 13.2. The predicted octanol–water partition coefficient (Wildman–Crippen LogP) is 5.45. The van der Waals surface area contributed by atoms with Crippen molar-refractivity contribution in [2.45, 2.75) is 33.7 Å². The van der Waals surface area contributed by atoms with Gasteiger partial charge in [-0.25, -0.2) is 23.5 Å². The summed E-state index contributed by atoms with van der Waals surface area (Å²) in [6.45, 7) is 6.47. The lowest BCUT2D eigenvalue weighted by molar-refractivity contribution is 0.0695. The molecule has 44 heavy (non-hydrogen) atoms. The predicted molar refractivity (Wildman–Crippen MR) is 171 cm³/mol. The zero-order chi connectivity index (χ0) is 30.7. The summed E-state index contributed by atoms with van der Waals surface area (Å²) in [5.41, 5.74) is 2.35. The van der Waals surface area contributed by atoms with Crippen molar-refractivity contribution in [3.8, 4) is 11.1 Å². The van der Waals surface area contributed by atoms with Crippen molar-refractivity contribution >= 4 is 50.3 Å². The molecular formula is C32H37F2N7O3. The van der Waals surface area contributed by atoms with Gasteiger partial charge in [0, 0.05) is 75.6 Å². The number of pyridine rings is 3. The lowest BCUT2D eigenvalue weighted by atomic mass is 9.99. The lowest BCUT2D eigenvalue weighted by Crippen LogP contribution is -2.35. The van der Waals surface area contributed by atoms with E-state index in [2.05, 4.69) is 37.1 Å². The zero-order valence-corrected chi connectivity index (χ0v) is 24.6. The van der Waals surface area contributed by atoms with Gasteiger partial charge in [0.1, 0.15) is 16.9 Å². The molecular weight excluding hydrogens is 568 g/mol. The number of H-pyrrole nitrogens is 1. The summed E-state index contributed by atoms with van der Waals surface area (Å²) >= 11 is 0. The van der Waals surface area contributed by atoms with E-state index in [4.69, 9.17) is 0 Å². The molecule has 5 aromatic rings. The van der Waals surface area contributed by atoms with Crippen LogP contribution in [-0.2, 0) is 7.05 Å². The molecule has 2 aliphatic rings. The number of carboxylic acid groups (broad SMARTS) is 1. The number of anilines is 2. The summed E-state index contributed by atoms with van der Waals surface area (Å²) in [4.78, 5) is 41.8. The molecule has 0 saturated carbocycles. The first-order valence-electron chi connectivity index (χ1n) is 14.4. The van der Waals surface area contributed by atoms with Crippen molar-refractivity contribution in [2.75, 3.05) is 43.9 Å². The first-order valence-corrected chi connectivity index (χ1v) is 14.4. The SMILES string of the molecule is C.CC.CNc1cc(F)c(F)c2c1[nH]c1ncc(-c3cnc4c(c3)c(=O)c(C(=O)O)cn4C)c(N3CC[C@H]4CN(C)CC43)c12. The van der Waals surface area contributed by atoms with Crippen LogP contribution in [-0.4, -0.2) is 75.3 Å². The molecule has 2 aliphatic heterocycles. The van der Waals surface area contributed by atoms with Crippen LogP contribution in [0.3, 0.4) is 0 Å². The Bertz CT molecular complexity index is 1990. The number of hydrogen-bond donors (Lipinski definition) is 3. The Kier molecular flexibility index (Phi) is 8.06. The molecule has 2 fully saturated rings. The van der Waals surface area contributed by atoms with Crippen molar-refractivity contribution < 1.29 is 18.7 Å². The Hall–Kier alpha value is -4.58. The number of hydrogen-bond acceptors (Lipinski definition) is 7.